The van der Waals surface area contributed by atoms with Gasteiger partial charge in [0.1, 0.15) is 0 Å². The van der Waals surface area contributed by atoms with E-state index in [2.05, 4.69) is 0 Å². The maximum Gasteiger partial charge on any atom is 0.173 e. The molecule has 0 aliphatic carbocycles. The van der Waals surface area contributed by atoms with Gasteiger partial charge in [0, 0.05) is 5.41 Å². The summed E-state index contributed by atoms with van der Waals surface area (Å²) in [5.41, 5.74) is -3.41. The molecular formula is C14H16F4O5. The van der Waals surface area contributed by atoms with Gasteiger partial charge in [-0.2, -0.15) is 0 Å². The summed E-state index contributed by atoms with van der Waals surface area (Å²) in [6.07, 6.45) is -0.146. The fourth-order valence-electron chi connectivity index (χ4n) is 1.36. The molecular weight excluding hydrogens is 324 g/mol. The van der Waals surface area contributed by atoms with Crippen LogP contribution in [0.5, 0.6) is 0 Å². The van der Waals surface area contributed by atoms with E-state index in [0.717, 1.165) is 0 Å². The second-order valence-corrected chi connectivity index (χ2v) is 4.65. The van der Waals surface area contributed by atoms with E-state index in [-0.39, 0.29) is 32.4 Å². The van der Waals surface area contributed by atoms with Crippen LogP contribution < -0.4 is 0 Å². The van der Waals surface area contributed by atoms with Crippen LogP contribution in [0.1, 0.15) is 34.1 Å². The molecule has 9 heteroatoms. The van der Waals surface area contributed by atoms with Gasteiger partial charge in [0.05, 0.1) is 30.9 Å². The highest BCUT2D eigenvalue weighted by atomic mass is 19.2. The van der Waals surface area contributed by atoms with Crippen LogP contribution in [-0.2, 0) is 0 Å². The monoisotopic (exact) mass is 340 g/mol. The minimum absolute atomic E-state index is 0.156. The third-order valence-corrected chi connectivity index (χ3v) is 3.32. The van der Waals surface area contributed by atoms with E-state index in [4.69, 9.17) is 15.3 Å². The van der Waals surface area contributed by atoms with Crippen molar-refractivity contribution in [2.45, 2.75) is 13.3 Å². The smallest absolute Gasteiger partial charge is 0.173 e. The molecule has 1 aromatic rings. The highest BCUT2D eigenvalue weighted by Crippen LogP contribution is 2.21. The lowest BCUT2D eigenvalue weighted by Gasteiger charge is -2.24. The molecule has 0 amide bonds. The maximum atomic E-state index is 12.7. The molecule has 0 aromatic heterocycles. The summed E-state index contributed by atoms with van der Waals surface area (Å²) in [7, 11) is 0. The molecule has 23 heavy (non-hydrogen) atoms. The minimum Gasteiger partial charge on any atom is -0.396 e. The normalized spacial score (nSPS) is 10.8. The number of aliphatic hydroxyl groups excluding tert-OH is 3. The molecule has 0 atom stereocenters. The molecule has 0 aliphatic heterocycles. The number of carbonyl (C=O) groups excluding carboxylic acids is 2. The Kier molecular flexibility index (Phi) is 8.59. The number of rotatable bonds is 6. The molecule has 0 aliphatic rings. The topological polar surface area (TPSA) is 94.8 Å². The van der Waals surface area contributed by atoms with Crippen LogP contribution in [0.4, 0.5) is 17.6 Å². The largest absolute Gasteiger partial charge is 0.396 e. The number of aldehydes is 2. The molecule has 0 unspecified atom stereocenters. The molecule has 3 N–H and O–H groups in total. The van der Waals surface area contributed by atoms with Crippen molar-refractivity contribution in [3.8, 4) is 0 Å². The quantitative estimate of drug-likeness (QED) is 0.411. The van der Waals surface area contributed by atoms with Gasteiger partial charge in [-0.05, 0) is 6.42 Å². The first-order valence-corrected chi connectivity index (χ1v) is 6.37. The fourth-order valence-corrected chi connectivity index (χ4v) is 1.36. The van der Waals surface area contributed by atoms with Crippen molar-refractivity contribution in [2.75, 3.05) is 19.8 Å². The number of carbonyl (C=O) groups is 2. The lowest BCUT2D eigenvalue weighted by Crippen LogP contribution is -2.32. The molecule has 0 heterocycles. The molecule has 1 aromatic carbocycles. The van der Waals surface area contributed by atoms with Gasteiger partial charge < -0.3 is 15.3 Å². The minimum atomic E-state index is -1.87. The maximum absolute atomic E-state index is 12.7. The lowest BCUT2D eigenvalue weighted by molar-refractivity contribution is 0.00304. The van der Waals surface area contributed by atoms with E-state index in [1.54, 1.807) is 0 Å². The Bertz CT molecular complexity index is 473. The Labute approximate surface area is 129 Å². The number of hydrogen-bond donors (Lipinski definition) is 3. The number of aliphatic hydroxyl groups is 3. The zero-order valence-electron chi connectivity index (χ0n) is 12.2. The number of hydrogen-bond acceptors (Lipinski definition) is 5. The predicted octanol–water partition coefficient (Wildman–Crippen LogP) is 1.23. The highest BCUT2D eigenvalue weighted by Gasteiger charge is 2.25. The van der Waals surface area contributed by atoms with Gasteiger partial charge in [0.15, 0.2) is 35.8 Å². The SMILES string of the molecule is CCC(CO)(CO)CO.O=Cc1c(F)c(F)c(C=O)c(F)c1F. The zero-order chi connectivity index (χ0) is 18.2. The lowest BCUT2D eigenvalue weighted by atomic mass is 9.88. The summed E-state index contributed by atoms with van der Waals surface area (Å²) in [6, 6.07) is 0. The summed E-state index contributed by atoms with van der Waals surface area (Å²) in [6.45, 7) is 1.35. The Hall–Kier alpha value is -1.84. The third kappa shape index (κ3) is 4.57. The summed E-state index contributed by atoms with van der Waals surface area (Å²) in [4.78, 5) is 20.1. The predicted molar refractivity (Wildman–Crippen MR) is 71.0 cm³/mol. The van der Waals surface area contributed by atoms with Crippen molar-refractivity contribution in [1.29, 1.82) is 0 Å². The van der Waals surface area contributed by atoms with Crippen LogP contribution in [0.25, 0.3) is 0 Å². The number of benzene rings is 1. The van der Waals surface area contributed by atoms with E-state index >= 15 is 0 Å². The molecule has 5 nitrogen and oxygen atoms in total. The van der Waals surface area contributed by atoms with Crippen molar-refractivity contribution in [3.05, 3.63) is 34.4 Å². The second kappa shape index (κ2) is 9.33. The highest BCUT2D eigenvalue weighted by molar-refractivity contribution is 5.81. The van der Waals surface area contributed by atoms with Crippen molar-refractivity contribution in [3.63, 3.8) is 0 Å². The van der Waals surface area contributed by atoms with Gasteiger partial charge in [-0.25, -0.2) is 17.6 Å². The van der Waals surface area contributed by atoms with Gasteiger partial charge in [0.2, 0.25) is 0 Å². The van der Waals surface area contributed by atoms with E-state index in [9.17, 15) is 27.2 Å². The Morgan fingerprint density at radius 3 is 1.13 bits per heavy atom. The summed E-state index contributed by atoms with van der Waals surface area (Å²) < 4.78 is 50.9. The molecule has 130 valence electrons. The van der Waals surface area contributed by atoms with Crippen LogP contribution >= 0.6 is 0 Å². The molecule has 0 radical (unpaired) electrons. The molecule has 0 spiro atoms. The average Bonchev–Trinajstić information content (AvgIpc) is 2.57. The van der Waals surface area contributed by atoms with Crippen molar-refractivity contribution in [2.24, 2.45) is 5.41 Å². The first-order chi connectivity index (χ1) is 10.8. The Morgan fingerprint density at radius 1 is 0.783 bits per heavy atom. The molecule has 1 rings (SSSR count). The van der Waals surface area contributed by atoms with Crippen molar-refractivity contribution in [1.82, 2.24) is 0 Å². The standard InChI is InChI=1S/C8H2F4O2.C6H14O3/c9-5-3(1-13)6(10)8(12)4(2-14)7(5)11;1-2-6(3-7,4-8)5-9/h1-2H;7-9H,2-5H2,1H3. The van der Waals surface area contributed by atoms with Gasteiger partial charge >= 0.3 is 0 Å². The molecule has 0 fully saturated rings. The van der Waals surface area contributed by atoms with Gasteiger partial charge in [-0.1, -0.05) is 6.92 Å². The van der Waals surface area contributed by atoms with Crippen molar-refractivity contribution < 1.29 is 42.5 Å². The van der Waals surface area contributed by atoms with Crippen molar-refractivity contribution >= 4 is 12.6 Å². The average molecular weight is 340 g/mol. The first kappa shape index (κ1) is 21.2. The number of halogens is 4. The summed E-state index contributed by atoms with van der Waals surface area (Å²) >= 11 is 0. The van der Waals surface area contributed by atoms with E-state index in [1.165, 1.54) is 0 Å². The zero-order valence-corrected chi connectivity index (χ0v) is 12.2. The Morgan fingerprint density at radius 2 is 1.04 bits per heavy atom. The van der Waals surface area contributed by atoms with Gasteiger partial charge in [-0.3, -0.25) is 9.59 Å². The van der Waals surface area contributed by atoms with Gasteiger partial charge in [-0.15, -0.1) is 0 Å². The van der Waals surface area contributed by atoms with E-state index < -0.39 is 39.8 Å². The van der Waals surface area contributed by atoms with Crippen LogP contribution in [0.2, 0.25) is 0 Å². The second-order valence-electron chi connectivity index (χ2n) is 4.65. The molecule has 0 saturated carbocycles. The fraction of sp³-hybridized carbons (Fsp3) is 0.429. The molecule has 0 saturated heterocycles. The first-order valence-electron chi connectivity index (χ1n) is 6.37. The third-order valence-electron chi connectivity index (χ3n) is 3.32. The van der Waals surface area contributed by atoms with Crippen LogP contribution in [-0.4, -0.2) is 47.7 Å². The van der Waals surface area contributed by atoms with E-state index in [1.807, 2.05) is 6.92 Å². The van der Waals surface area contributed by atoms with E-state index in [0.29, 0.717) is 6.42 Å². The van der Waals surface area contributed by atoms with Crippen LogP contribution in [0.3, 0.4) is 0 Å². The summed E-state index contributed by atoms with van der Waals surface area (Å²) in [5.74, 6) is -7.50. The molecule has 0 bridgehead atoms. The van der Waals surface area contributed by atoms with Crippen LogP contribution in [0, 0.1) is 28.7 Å². The Balaban J connectivity index is 0.000000468. The van der Waals surface area contributed by atoms with Gasteiger partial charge in [0.25, 0.3) is 0 Å². The van der Waals surface area contributed by atoms with Crippen LogP contribution in [0.15, 0.2) is 0 Å². The summed E-state index contributed by atoms with van der Waals surface area (Å²) in [5, 5.41) is 26.0.